The molecule has 2 aliphatic rings. The van der Waals surface area contributed by atoms with E-state index in [2.05, 4.69) is 0 Å². The van der Waals surface area contributed by atoms with Gasteiger partial charge in [-0.3, -0.25) is 9.11 Å². The molecule has 8 heteroatoms. The predicted octanol–water partition coefficient (Wildman–Crippen LogP) is 1.10. The van der Waals surface area contributed by atoms with Crippen LogP contribution in [0.3, 0.4) is 0 Å². The molecule has 4 unspecified atom stereocenters. The van der Waals surface area contributed by atoms with Crippen LogP contribution in [0.4, 0.5) is 0 Å². The molecule has 0 saturated heterocycles. The molecule has 4 atom stereocenters. The molecular weight excluding hydrogens is 280 g/mol. The lowest BCUT2D eigenvalue weighted by Gasteiger charge is -2.40. The first-order valence-electron chi connectivity index (χ1n) is 6.10. The van der Waals surface area contributed by atoms with Crippen molar-refractivity contribution >= 4 is 20.2 Å². The van der Waals surface area contributed by atoms with E-state index in [1.165, 1.54) is 0 Å². The minimum Gasteiger partial charge on any atom is -0.285 e. The molecule has 0 aromatic heterocycles. The summed E-state index contributed by atoms with van der Waals surface area (Å²) in [6.45, 7) is 0. The van der Waals surface area contributed by atoms with Gasteiger partial charge in [-0.15, -0.1) is 0 Å². The van der Waals surface area contributed by atoms with Crippen molar-refractivity contribution in [3.8, 4) is 0 Å². The Morgan fingerprint density at radius 2 is 1.00 bits per heavy atom. The van der Waals surface area contributed by atoms with Gasteiger partial charge in [0.15, 0.2) is 0 Å². The first-order chi connectivity index (χ1) is 8.18. The van der Waals surface area contributed by atoms with Gasteiger partial charge in [-0.2, -0.15) is 16.8 Å². The van der Waals surface area contributed by atoms with Gasteiger partial charge < -0.3 is 0 Å². The van der Waals surface area contributed by atoms with Crippen LogP contribution in [0.1, 0.15) is 38.5 Å². The molecule has 2 fully saturated rings. The molecule has 2 aliphatic carbocycles. The van der Waals surface area contributed by atoms with Crippen molar-refractivity contribution in [1.29, 1.82) is 0 Å². The lowest BCUT2D eigenvalue weighted by molar-refractivity contribution is 0.169. The van der Waals surface area contributed by atoms with Crippen molar-refractivity contribution in [3.05, 3.63) is 0 Å². The van der Waals surface area contributed by atoms with Crippen LogP contribution in [-0.4, -0.2) is 36.4 Å². The maximum atomic E-state index is 11.1. The highest BCUT2D eigenvalue weighted by Crippen LogP contribution is 2.43. The molecule has 0 spiro atoms. The lowest BCUT2D eigenvalue weighted by Crippen LogP contribution is -2.39. The van der Waals surface area contributed by atoms with E-state index in [9.17, 15) is 16.8 Å². The molecule has 0 bridgehead atoms. The minimum atomic E-state index is -3.99. The molecular formula is C10H18O6S2. The molecule has 0 heterocycles. The van der Waals surface area contributed by atoms with Gasteiger partial charge in [0.1, 0.15) is 0 Å². The molecule has 0 aromatic rings. The zero-order valence-electron chi connectivity index (χ0n) is 9.90. The molecule has 0 radical (unpaired) electrons. The van der Waals surface area contributed by atoms with Crippen molar-refractivity contribution in [1.82, 2.24) is 0 Å². The maximum absolute atomic E-state index is 11.1. The topological polar surface area (TPSA) is 109 Å². The summed E-state index contributed by atoms with van der Waals surface area (Å²) in [6.07, 6.45) is 2.75. The monoisotopic (exact) mass is 298 g/mol. The van der Waals surface area contributed by atoms with Gasteiger partial charge in [-0.25, -0.2) is 0 Å². The quantitative estimate of drug-likeness (QED) is 0.739. The van der Waals surface area contributed by atoms with Gasteiger partial charge in [0, 0.05) is 0 Å². The van der Waals surface area contributed by atoms with E-state index in [0.29, 0.717) is 38.5 Å². The Kier molecular flexibility index (Phi) is 3.74. The highest BCUT2D eigenvalue weighted by molar-refractivity contribution is 7.86. The third-order valence-electron chi connectivity index (χ3n) is 4.36. The average molecular weight is 298 g/mol. The Morgan fingerprint density at radius 1 is 0.667 bits per heavy atom. The van der Waals surface area contributed by atoms with Gasteiger partial charge >= 0.3 is 0 Å². The molecule has 0 amide bonds. The predicted molar refractivity (Wildman–Crippen MR) is 65.4 cm³/mol. The fourth-order valence-corrected chi connectivity index (χ4v) is 5.19. The highest BCUT2D eigenvalue weighted by Gasteiger charge is 2.42. The van der Waals surface area contributed by atoms with Gasteiger partial charge in [-0.1, -0.05) is 0 Å². The van der Waals surface area contributed by atoms with Crippen molar-refractivity contribution in [3.63, 3.8) is 0 Å². The Balaban J connectivity index is 2.04. The number of hydrogen-bond acceptors (Lipinski definition) is 4. The fraction of sp³-hybridized carbons (Fsp3) is 1.00. The zero-order chi connectivity index (χ0) is 13.6. The maximum Gasteiger partial charge on any atom is 0.267 e. The standard InChI is InChI=1S/C10H18O6S2/c11-17(12,13)9-3-1-7-5-10(18(14,15)16)4-2-8(7)6-9/h7-10H,1-6H2,(H,11,12,13)(H,14,15,16). The smallest absolute Gasteiger partial charge is 0.267 e. The van der Waals surface area contributed by atoms with Gasteiger partial charge in [0.05, 0.1) is 10.5 Å². The largest absolute Gasteiger partial charge is 0.285 e. The van der Waals surface area contributed by atoms with E-state index in [4.69, 9.17) is 9.11 Å². The number of hydrogen-bond donors (Lipinski definition) is 2. The lowest BCUT2D eigenvalue weighted by atomic mass is 9.70. The molecule has 2 rings (SSSR count). The normalized spacial score (nSPS) is 38.1. The van der Waals surface area contributed by atoms with Crippen LogP contribution in [0, 0.1) is 11.8 Å². The first kappa shape index (κ1) is 14.2. The van der Waals surface area contributed by atoms with Crippen LogP contribution in [0.5, 0.6) is 0 Å². The minimum absolute atomic E-state index is 0.142. The third-order valence-corrected chi connectivity index (χ3v) is 6.90. The summed E-state index contributed by atoms with van der Waals surface area (Å²) in [5.41, 5.74) is 0. The van der Waals surface area contributed by atoms with Crippen LogP contribution >= 0.6 is 0 Å². The highest BCUT2D eigenvalue weighted by atomic mass is 32.2. The van der Waals surface area contributed by atoms with Gasteiger partial charge in [0.2, 0.25) is 0 Å². The van der Waals surface area contributed by atoms with Crippen molar-refractivity contribution in [2.75, 3.05) is 0 Å². The summed E-state index contributed by atoms with van der Waals surface area (Å²) in [5, 5.41) is -1.41. The van der Waals surface area contributed by atoms with Gasteiger partial charge in [-0.05, 0) is 50.4 Å². The molecule has 2 N–H and O–H groups in total. The van der Waals surface area contributed by atoms with Crippen molar-refractivity contribution in [2.45, 2.75) is 49.0 Å². The van der Waals surface area contributed by atoms with Crippen LogP contribution in [-0.2, 0) is 20.2 Å². The van der Waals surface area contributed by atoms with Crippen molar-refractivity contribution in [2.24, 2.45) is 11.8 Å². The summed E-state index contributed by atoms with van der Waals surface area (Å²) < 4.78 is 62.5. The van der Waals surface area contributed by atoms with Crippen LogP contribution in [0.2, 0.25) is 0 Å². The second-order valence-corrected chi connectivity index (χ2v) is 8.81. The van der Waals surface area contributed by atoms with E-state index in [0.717, 1.165) is 0 Å². The second-order valence-electron chi connectivity index (χ2n) is 5.42. The van der Waals surface area contributed by atoms with Crippen LogP contribution in [0.25, 0.3) is 0 Å². The third kappa shape index (κ3) is 3.04. The summed E-state index contributed by atoms with van der Waals surface area (Å²) in [7, 11) is -7.97. The SMILES string of the molecule is O=S(=O)(O)C1CCC2CC(S(=O)(=O)O)CCC2C1. The van der Waals surface area contributed by atoms with E-state index in [1.54, 1.807) is 0 Å². The molecule has 2 saturated carbocycles. The molecule has 0 aliphatic heterocycles. The van der Waals surface area contributed by atoms with E-state index in [1.807, 2.05) is 0 Å². The fourth-order valence-electron chi connectivity index (χ4n) is 3.34. The van der Waals surface area contributed by atoms with E-state index < -0.39 is 30.7 Å². The Labute approximate surface area is 107 Å². The first-order valence-corrected chi connectivity index (χ1v) is 9.11. The average Bonchev–Trinajstić information content (AvgIpc) is 2.25. The molecule has 18 heavy (non-hydrogen) atoms. The molecule has 106 valence electrons. The van der Waals surface area contributed by atoms with Crippen LogP contribution < -0.4 is 0 Å². The van der Waals surface area contributed by atoms with Crippen LogP contribution in [0.15, 0.2) is 0 Å². The Bertz CT molecular complexity index is 460. The Morgan fingerprint density at radius 3 is 1.28 bits per heavy atom. The molecule has 6 nitrogen and oxygen atoms in total. The summed E-state index contributed by atoms with van der Waals surface area (Å²) in [6, 6.07) is 0. The Hall–Kier alpha value is -0.180. The summed E-state index contributed by atoms with van der Waals surface area (Å²) >= 11 is 0. The summed E-state index contributed by atoms with van der Waals surface area (Å²) in [5.74, 6) is 0.285. The second kappa shape index (κ2) is 4.73. The van der Waals surface area contributed by atoms with Crippen molar-refractivity contribution < 1.29 is 25.9 Å². The molecule has 0 aromatic carbocycles. The van der Waals surface area contributed by atoms with E-state index in [-0.39, 0.29) is 11.8 Å². The number of fused-ring (bicyclic) bond motifs is 1. The number of rotatable bonds is 2. The summed E-state index contributed by atoms with van der Waals surface area (Å²) in [4.78, 5) is 0. The zero-order valence-corrected chi connectivity index (χ0v) is 11.5. The van der Waals surface area contributed by atoms with E-state index >= 15 is 0 Å². The van der Waals surface area contributed by atoms with Gasteiger partial charge in [0.25, 0.3) is 20.2 Å².